The third-order valence-corrected chi connectivity index (χ3v) is 4.04. The minimum atomic E-state index is -0.416. The van der Waals surface area contributed by atoms with Gasteiger partial charge in [0.05, 0.1) is 6.42 Å². The summed E-state index contributed by atoms with van der Waals surface area (Å²) >= 11 is 0. The van der Waals surface area contributed by atoms with E-state index in [-0.39, 0.29) is 12.4 Å². The van der Waals surface area contributed by atoms with Crippen LogP contribution >= 0.6 is 0 Å². The van der Waals surface area contributed by atoms with Crippen molar-refractivity contribution in [3.05, 3.63) is 48.0 Å². The zero-order valence-corrected chi connectivity index (χ0v) is 13.6. The molecule has 1 aliphatic heterocycles. The van der Waals surface area contributed by atoms with Gasteiger partial charge in [-0.2, -0.15) is 0 Å². The molecule has 0 aliphatic carbocycles. The van der Waals surface area contributed by atoms with Crippen molar-refractivity contribution in [1.82, 2.24) is 0 Å². The van der Waals surface area contributed by atoms with E-state index in [0.29, 0.717) is 11.5 Å². The molecule has 2 aromatic rings. The van der Waals surface area contributed by atoms with E-state index in [4.69, 9.17) is 14.5 Å². The maximum absolute atomic E-state index is 12.0. The van der Waals surface area contributed by atoms with Crippen LogP contribution in [0.25, 0.3) is 11.1 Å². The largest absolute Gasteiger partial charge is 0.459 e. The average Bonchev–Trinajstić information content (AvgIpc) is 2.89. The summed E-state index contributed by atoms with van der Waals surface area (Å²) in [5.74, 6) is 1.21. The predicted octanol–water partition coefficient (Wildman–Crippen LogP) is 4.31. The Morgan fingerprint density at radius 2 is 1.83 bits per heavy atom. The summed E-state index contributed by atoms with van der Waals surface area (Å²) in [5.41, 5.74) is 2.49. The van der Waals surface area contributed by atoms with Crippen LogP contribution in [0.4, 0.5) is 0 Å². The number of hydrogen-bond acceptors (Lipinski definition) is 4. The normalized spacial score (nSPS) is 12.5. The number of carbonyl (C=O) groups is 1. The van der Waals surface area contributed by atoms with Gasteiger partial charge in [0.25, 0.3) is 0 Å². The summed E-state index contributed by atoms with van der Waals surface area (Å²) in [6.07, 6.45) is 1.06. The third-order valence-electron chi connectivity index (χ3n) is 4.04. The predicted molar refractivity (Wildman–Crippen MR) is 87.3 cm³/mol. The summed E-state index contributed by atoms with van der Waals surface area (Å²) in [4.78, 5) is 22.2. The number of ether oxygens (including phenoxy) is 1. The minimum absolute atomic E-state index is 0.204. The Morgan fingerprint density at radius 1 is 1.09 bits per heavy atom. The van der Waals surface area contributed by atoms with Gasteiger partial charge in [0, 0.05) is 11.6 Å². The molecule has 0 atom stereocenters. The van der Waals surface area contributed by atoms with Gasteiger partial charge in [-0.05, 0) is 43.5 Å². The number of fused-ring (bicyclic) bond motifs is 2. The zero-order valence-electron chi connectivity index (χ0n) is 13.6. The fourth-order valence-corrected chi connectivity index (χ4v) is 2.34. The Balaban J connectivity index is 1.69. The van der Waals surface area contributed by atoms with E-state index in [1.165, 1.54) is 0 Å². The zero-order chi connectivity index (χ0) is 16.4. The second-order valence-corrected chi connectivity index (χ2v) is 6.29. The molecule has 3 rings (SSSR count). The number of esters is 1. The van der Waals surface area contributed by atoms with E-state index in [9.17, 15) is 4.79 Å². The first-order valence-electron chi connectivity index (χ1n) is 7.76. The number of benzene rings is 2. The molecule has 4 nitrogen and oxygen atoms in total. The van der Waals surface area contributed by atoms with Crippen LogP contribution in [0, 0.1) is 0 Å². The first-order chi connectivity index (χ1) is 11.0. The highest BCUT2D eigenvalue weighted by Crippen LogP contribution is 2.37. The first kappa shape index (κ1) is 15.4. The smallest absolute Gasteiger partial charge is 0.310 e. The van der Waals surface area contributed by atoms with Crippen molar-refractivity contribution in [2.24, 2.45) is 0 Å². The lowest BCUT2D eigenvalue weighted by atomic mass is 10.0. The topological polar surface area (TPSA) is 44.8 Å². The second kappa shape index (κ2) is 5.95. The molecule has 0 aromatic heterocycles. The van der Waals surface area contributed by atoms with E-state index in [1.807, 2.05) is 63.2 Å². The fraction of sp³-hybridized carbons (Fsp3) is 0.316. The molecule has 1 aliphatic rings. The Hall–Kier alpha value is -2.49. The lowest BCUT2D eigenvalue weighted by Crippen LogP contribution is -2.27. The number of rotatable bonds is 5. The molecule has 0 saturated heterocycles. The molecule has 120 valence electrons. The maximum Gasteiger partial charge on any atom is 0.310 e. The molecule has 23 heavy (non-hydrogen) atoms. The fourth-order valence-electron chi connectivity index (χ4n) is 2.34. The second-order valence-electron chi connectivity index (χ2n) is 6.29. The molecule has 1 heterocycles. The summed E-state index contributed by atoms with van der Waals surface area (Å²) in [5, 5.41) is 0. The SMILES string of the molecule is CCC(C)(C)OC(=O)Cc1ccc(-c2ccc3cc2OO3)cc1. The van der Waals surface area contributed by atoms with Gasteiger partial charge in [0.15, 0.2) is 11.5 Å². The third kappa shape index (κ3) is 3.47. The number of carbonyl (C=O) groups excluding carboxylic acids is 1. The monoisotopic (exact) mass is 312 g/mol. The van der Waals surface area contributed by atoms with Crippen LogP contribution in [-0.2, 0) is 16.0 Å². The Labute approximate surface area is 135 Å². The van der Waals surface area contributed by atoms with Crippen LogP contribution in [0.2, 0.25) is 0 Å². The molecule has 0 amide bonds. The molecular formula is C19H20O4. The summed E-state index contributed by atoms with van der Waals surface area (Å²) in [6, 6.07) is 13.5. The van der Waals surface area contributed by atoms with Gasteiger partial charge >= 0.3 is 5.97 Å². The van der Waals surface area contributed by atoms with Crippen LogP contribution in [0.15, 0.2) is 42.5 Å². The highest BCUT2D eigenvalue weighted by Gasteiger charge is 2.20. The van der Waals surface area contributed by atoms with Crippen molar-refractivity contribution in [2.45, 2.75) is 39.2 Å². The van der Waals surface area contributed by atoms with Gasteiger partial charge in [0.2, 0.25) is 0 Å². The van der Waals surface area contributed by atoms with Gasteiger partial charge in [0.1, 0.15) is 5.60 Å². The molecule has 2 bridgehead atoms. The summed E-state index contributed by atoms with van der Waals surface area (Å²) < 4.78 is 5.47. The van der Waals surface area contributed by atoms with Gasteiger partial charge in [-0.1, -0.05) is 31.2 Å². The summed E-state index contributed by atoms with van der Waals surface area (Å²) in [7, 11) is 0. The lowest BCUT2D eigenvalue weighted by Gasteiger charge is -2.23. The van der Waals surface area contributed by atoms with Crippen LogP contribution in [-0.4, -0.2) is 11.6 Å². The van der Waals surface area contributed by atoms with E-state index in [1.54, 1.807) is 0 Å². The van der Waals surface area contributed by atoms with Crippen LogP contribution < -0.4 is 9.78 Å². The van der Waals surface area contributed by atoms with Gasteiger partial charge in [-0.3, -0.25) is 14.6 Å². The highest BCUT2D eigenvalue weighted by atomic mass is 17.2. The standard InChI is InChI=1S/C19H20O4/c1-4-19(2,3)21-18(20)11-13-5-7-14(8-6-13)16-10-9-15-12-17(16)23-22-15/h5-10,12H,4,11H2,1-3H3. The Bertz CT molecular complexity index is 717. The minimum Gasteiger partial charge on any atom is -0.459 e. The molecule has 2 aromatic carbocycles. The summed E-state index contributed by atoms with van der Waals surface area (Å²) in [6.45, 7) is 5.84. The van der Waals surface area contributed by atoms with Crippen molar-refractivity contribution in [3.8, 4) is 22.6 Å². The van der Waals surface area contributed by atoms with E-state index >= 15 is 0 Å². The molecule has 0 radical (unpaired) electrons. The van der Waals surface area contributed by atoms with E-state index in [2.05, 4.69) is 0 Å². The quantitative estimate of drug-likeness (QED) is 0.609. The van der Waals surface area contributed by atoms with Crippen molar-refractivity contribution < 1.29 is 19.3 Å². The molecule has 0 N–H and O–H groups in total. The van der Waals surface area contributed by atoms with Crippen LogP contribution in [0.5, 0.6) is 11.5 Å². The van der Waals surface area contributed by atoms with Crippen molar-refractivity contribution in [1.29, 1.82) is 0 Å². The lowest BCUT2D eigenvalue weighted by molar-refractivity contribution is -0.155. The molecule has 0 unspecified atom stereocenters. The highest BCUT2D eigenvalue weighted by molar-refractivity contribution is 5.75. The maximum atomic E-state index is 12.0. The van der Waals surface area contributed by atoms with E-state index in [0.717, 1.165) is 23.1 Å². The molecule has 0 fully saturated rings. The average molecular weight is 312 g/mol. The molecule has 0 saturated carbocycles. The molecule has 4 heteroatoms. The first-order valence-corrected chi connectivity index (χ1v) is 7.76. The van der Waals surface area contributed by atoms with Gasteiger partial charge in [-0.25, -0.2) is 0 Å². The van der Waals surface area contributed by atoms with Crippen LogP contribution in [0.1, 0.15) is 32.8 Å². The van der Waals surface area contributed by atoms with Gasteiger partial charge < -0.3 is 4.74 Å². The van der Waals surface area contributed by atoms with Crippen molar-refractivity contribution in [2.75, 3.05) is 0 Å². The molecule has 0 spiro atoms. The van der Waals surface area contributed by atoms with Crippen LogP contribution in [0.3, 0.4) is 0 Å². The van der Waals surface area contributed by atoms with Crippen molar-refractivity contribution >= 4 is 5.97 Å². The van der Waals surface area contributed by atoms with Gasteiger partial charge in [-0.15, -0.1) is 0 Å². The Morgan fingerprint density at radius 3 is 2.52 bits per heavy atom. The molecular weight excluding hydrogens is 292 g/mol. The van der Waals surface area contributed by atoms with E-state index < -0.39 is 5.60 Å². The Kier molecular flexibility index (Phi) is 3.99. The van der Waals surface area contributed by atoms with Crippen molar-refractivity contribution in [3.63, 3.8) is 0 Å². The number of hydrogen-bond donors (Lipinski definition) is 0.